The summed E-state index contributed by atoms with van der Waals surface area (Å²) in [5.41, 5.74) is 3.15. The van der Waals surface area contributed by atoms with E-state index in [4.69, 9.17) is 16.3 Å². The Hall–Kier alpha value is -2.35. The zero-order valence-electron chi connectivity index (χ0n) is 15.1. The molecule has 8 heteroatoms. The van der Waals surface area contributed by atoms with Gasteiger partial charge < -0.3 is 4.74 Å². The van der Waals surface area contributed by atoms with Crippen LogP contribution >= 0.6 is 34.7 Å². The Labute approximate surface area is 176 Å². The average Bonchev–Trinajstić information content (AvgIpc) is 3.35. The van der Waals surface area contributed by atoms with E-state index in [9.17, 15) is 0 Å². The third-order valence-electron chi connectivity index (χ3n) is 3.93. The summed E-state index contributed by atoms with van der Waals surface area (Å²) in [6.07, 6.45) is 1.69. The maximum absolute atomic E-state index is 6.09. The zero-order chi connectivity index (χ0) is 19.3. The van der Waals surface area contributed by atoms with Gasteiger partial charge in [0.15, 0.2) is 5.16 Å². The van der Waals surface area contributed by atoms with Crippen LogP contribution < -0.4 is 4.74 Å². The molecule has 0 bridgehead atoms. The van der Waals surface area contributed by atoms with E-state index >= 15 is 0 Å². The lowest BCUT2D eigenvalue weighted by Crippen LogP contribution is -1.96. The molecular weight excluding hydrogens is 412 g/mol. The molecule has 0 fully saturated rings. The first-order valence-corrected chi connectivity index (χ1v) is 10.8. The van der Waals surface area contributed by atoms with Crippen molar-refractivity contribution in [1.82, 2.24) is 19.7 Å². The van der Waals surface area contributed by atoms with E-state index in [1.807, 2.05) is 53.1 Å². The highest BCUT2D eigenvalue weighted by molar-refractivity contribution is 7.98. The van der Waals surface area contributed by atoms with Crippen LogP contribution in [0.25, 0.3) is 5.69 Å². The monoisotopic (exact) mass is 428 g/mol. The molecule has 2 aromatic carbocycles. The summed E-state index contributed by atoms with van der Waals surface area (Å²) in [6.45, 7) is 2.53. The van der Waals surface area contributed by atoms with Crippen molar-refractivity contribution in [2.24, 2.45) is 0 Å². The van der Waals surface area contributed by atoms with E-state index in [0.717, 1.165) is 27.3 Å². The summed E-state index contributed by atoms with van der Waals surface area (Å²) < 4.78 is 7.72. The molecule has 4 aromatic rings. The van der Waals surface area contributed by atoms with Crippen LogP contribution in [0.1, 0.15) is 16.3 Å². The topological polar surface area (TPSA) is 52.8 Å². The molecule has 28 heavy (non-hydrogen) atoms. The predicted molar refractivity (Wildman–Crippen MR) is 114 cm³/mol. The molecule has 2 heterocycles. The van der Waals surface area contributed by atoms with Crippen molar-refractivity contribution < 1.29 is 4.74 Å². The van der Waals surface area contributed by atoms with Gasteiger partial charge >= 0.3 is 0 Å². The fraction of sp³-hybridized carbons (Fsp3) is 0.150. The van der Waals surface area contributed by atoms with Crippen LogP contribution in [0.15, 0.2) is 65.4 Å². The lowest BCUT2D eigenvalue weighted by molar-refractivity contribution is 0.305. The van der Waals surface area contributed by atoms with Crippen molar-refractivity contribution in [1.29, 1.82) is 0 Å². The van der Waals surface area contributed by atoms with Gasteiger partial charge in [-0.1, -0.05) is 47.1 Å². The molecule has 0 saturated carbocycles. The minimum Gasteiger partial charge on any atom is -0.486 e. The van der Waals surface area contributed by atoms with Gasteiger partial charge in [-0.25, -0.2) is 4.98 Å². The van der Waals surface area contributed by atoms with Crippen molar-refractivity contribution in [2.75, 3.05) is 0 Å². The lowest BCUT2D eigenvalue weighted by atomic mass is 10.2. The molecule has 2 aromatic heterocycles. The van der Waals surface area contributed by atoms with Gasteiger partial charge in [-0.15, -0.1) is 21.5 Å². The molecule has 0 atom stereocenters. The van der Waals surface area contributed by atoms with Gasteiger partial charge in [-0.2, -0.15) is 0 Å². The first kappa shape index (κ1) is 19.0. The standard InChI is InChI=1S/C20H17ClN4OS2/c1-14-5-7-18(8-6-14)26-10-19-23-16(11-27-19)12-28-20-24-22-13-25(20)17-4-2-3-15(21)9-17/h2-9,11,13H,10,12H2,1H3. The Kier molecular flexibility index (Phi) is 5.95. The second-order valence-corrected chi connectivity index (χ2v) is 8.41. The maximum Gasteiger partial charge on any atom is 0.195 e. The maximum atomic E-state index is 6.09. The van der Waals surface area contributed by atoms with Gasteiger partial charge in [0.25, 0.3) is 0 Å². The fourth-order valence-corrected chi connectivity index (χ4v) is 4.34. The number of benzene rings is 2. The number of rotatable bonds is 7. The van der Waals surface area contributed by atoms with E-state index in [2.05, 4.69) is 27.5 Å². The molecule has 0 N–H and O–H groups in total. The van der Waals surface area contributed by atoms with Crippen molar-refractivity contribution in [3.05, 3.63) is 81.5 Å². The Morgan fingerprint density at radius 1 is 1.18 bits per heavy atom. The third kappa shape index (κ3) is 4.73. The predicted octanol–water partition coefficient (Wildman–Crippen LogP) is 5.56. The molecule has 0 aliphatic rings. The molecule has 0 unspecified atom stereocenters. The van der Waals surface area contributed by atoms with Gasteiger partial charge in [-0.05, 0) is 37.3 Å². The Bertz CT molecular complexity index is 1060. The van der Waals surface area contributed by atoms with E-state index in [-0.39, 0.29) is 0 Å². The first-order valence-electron chi connectivity index (χ1n) is 8.59. The molecule has 0 aliphatic heterocycles. The number of nitrogens with zero attached hydrogens (tertiary/aromatic N) is 4. The number of aromatic nitrogens is 4. The molecule has 0 spiro atoms. The van der Waals surface area contributed by atoms with Crippen molar-refractivity contribution in [3.8, 4) is 11.4 Å². The summed E-state index contributed by atoms with van der Waals surface area (Å²) in [6, 6.07) is 15.6. The molecule has 4 rings (SSSR count). The Balaban J connectivity index is 1.36. The highest BCUT2D eigenvalue weighted by Crippen LogP contribution is 2.25. The minimum absolute atomic E-state index is 0.469. The smallest absolute Gasteiger partial charge is 0.195 e. The summed E-state index contributed by atoms with van der Waals surface area (Å²) >= 11 is 9.28. The van der Waals surface area contributed by atoms with Crippen LogP contribution in [0.5, 0.6) is 5.75 Å². The SMILES string of the molecule is Cc1ccc(OCc2nc(CSc3nncn3-c3cccc(Cl)c3)cs2)cc1. The number of hydrogen-bond acceptors (Lipinski definition) is 6. The minimum atomic E-state index is 0.469. The first-order chi connectivity index (χ1) is 13.7. The highest BCUT2D eigenvalue weighted by Gasteiger charge is 2.10. The molecular formula is C20H17ClN4OS2. The number of halogens is 1. The number of aryl methyl sites for hydroxylation is 1. The normalized spacial score (nSPS) is 10.9. The van der Waals surface area contributed by atoms with Gasteiger partial charge in [0.1, 0.15) is 23.7 Å². The van der Waals surface area contributed by atoms with Crippen LogP contribution in [0.4, 0.5) is 0 Å². The second-order valence-electron chi connectivity index (χ2n) is 6.09. The van der Waals surface area contributed by atoms with Crippen molar-refractivity contribution in [3.63, 3.8) is 0 Å². The summed E-state index contributed by atoms with van der Waals surface area (Å²) in [5.74, 6) is 1.56. The molecule has 5 nitrogen and oxygen atoms in total. The van der Waals surface area contributed by atoms with Gasteiger partial charge in [0.05, 0.1) is 11.4 Å². The number of thiazole rings is 1. The van der Waals surface area contributed by atoms with Crippen LogP contribution in [0.3, 0.4) is 0 Å². The van der Waals surface area contributed by atoms with Crippen LogP contribution in [0.2, 0.25) is 5.02 Å². The summed E-state index contributed by atoms with van der Waals surface area (Å²) in [7, 11) is 0. The van der Waals surface area contributed by atoms with Gasteiger partial charge in [-0.3, -0.25) is 4.57 Å². The number of hydrogen-bond donors (Lipinski definition) is 0. The van der Waals surface area contributed by atoms with E-state index in [1.54, 1.807) is 29.4 Å². The van der Waals surface area contributed by atoms with Crippen molar-refractivity contribution >= 4 is 34.7 Å². The Morgan fingerprint density at radius 3 is 2.86 bits per heavy atom. The number of thioether (sulfide) groups is 1. The molecule has 0 amide bonds. The Morgan fingerprint density at radius 2 is 2.04 bits per heavy atom. The summed E-state index contributed by atoms with van der Waals surface area (Å²) in [4.78, 5) is 4.65. The van der Waals surface area contributed by atoms with Crippen LogP contribution in [0, 0.1) is 6.92 Å². The van der Waals surface area contributed by atoms with Gasteiger partial charge in [0.2, 0.25) is 0 Å². The van der Waals surface area contributed by atoms with Crippen molar-refractivity contribution in [2.45, 2.75) is 24.4 Å². The van der Waals surface area contributed by atoms with Gasteiger partial charge in [0, 0.05) is 16.2 Å². The number of ether oxygens (including phenoxy) is 1. The second kappa shape index (κ2) is 8.77. The van der Waals surface area contributed by atoms with E-state index in [0.29, 0.717) is 17.4 Å². The molecule has 142 valence electrons. The molecule has 0 saturated heterocycles. The van der Waals surface area contributed by atoms with E-state index in [1.165, 1.54) is 5.56 Å². The zero-order valence-corrected chi connectivity index (χ0v) is 17.5. The van der Waals surface area contributed by atoms with E-state index < -0.39 is 0 Å². The molecule has 0 aliphatic carbocycles. The quantitative estimate of drug-likeness (QED) is 0.361. The fourth-order valence-electron chi connectivity index (χ4n) is 2.53. The van der Waals surface area contributed by atoms with Crippen LogP contribution in [-0.2, 0) is 12.4 Å². The largest absolute Gasteiger partial charge is 0.486 e. The summed E-state index contributed by atoms with van der Waals surface area (Å²) in [5, 5.41) is 12.7. The van der Waals surface area contributed by atoms with Crippen LogP contribution in [-0.4, -0.2) is 19.7 Å². The highest BCUT2D eigenvalue weighted by atomic mass is 35.5. The lowest BCUT2D eigenvalue weighted by Gasteiger charge is -2.06. The average molecular weight is 429 g/mol. The third-order valence-corrected chi connectivity index (χ3v) is 6.02. The molecule has 0 radical (unpaired) electrons.